The number of nitrogens with one attached hydrogen (secondary N) is 3. The Morgan fingerprint density at radius 1 is 1.38 bits per heavy atom. The smallest absolute Gasteiger partial charge is 0.266 e. The molecule has 12 heteroatoms. The summed E-state index contributed by atoms with van der Waals surface area (Å²) in [6, 6.07) is 11.4. The van der Waals surface area contributed by atoms with E-state index < -0.39 is 32.4 Å². The monoisotopic (exact) mass is 521 g/mol. The number of rotatable bonds is 8. The molecule has 1 aliphatic rings. The lowest BCUT2D eigenvalue weighted by Crippen LogP contribution is -2.48. The molecule has 1 aliphatic heterocycles. The number of β-amino-alcohol motifs (C(OH)–C–C–N with tert-alkyl or cyclic N) is 1. The van der Waals surface area contributed by atoms with E-state index in [2.05, 4.69) is 26.4 Å². The molecule has 8 nitrogen and oxygen atoms in total. The van der Waals surface area contributed by atoms with Crippen LogP contribution in [-0.4, -0.2) is 43.2 Å². The van der Waals surface area contributed by atoms with E-state index in [0.717, 1.165) is 29.0 Å². The average Bonchev–Trinajstić information content (AvgIpc) is 3.43. The molecule has 2 aromatic carbocycles. The largest absolute Gasteiger partial charge is 0.392 e. The number of benzene rings is 2. The Labute approximate surface area is 205 Å². The van der Waals surface area contributed by atoms with Crippen molar-refractivity contribution in [1.82, 2.24) is 10.3 Å². The third kappa shape index (κ3) is 5.48. The molecule has 3 aromatic rings. The number of sulfonamides is 1. The van der Waals surface area contributed by atoms with Crippen molar-refractivity contribution in [2.24, 2.45) is 0 Å². The fourth-order valence-electron chi connectivity index (χ4n) is 3.98. The first-order valence-electron chi connectivity index (χ1n) is 10.3. The predicted molar refractivity (Wildman–Crippen MR) is 129 cm³/mol. The van der Waals surface area contributed by atoms with E-state index in [9.17, 15) is 23.2 Å². The molecule has 2 heterocycles. The van der Waals surface area contributed by atoms with Crippen LogP contribution in [0.3, 0.4) is 0 Å². The standard InChI is InChI=1S/C22H21ClFN5O3S2/c23-17-7-20(34(31,32)29-21-26-4-5-33-21)18(24)8-19(17)27-13-22(10-16(30)12-28-22)9-14-2-1-3-15(6-14)11-25/h1-8,16,27-28,30H,9-10,12-13H2,(H,26,29)/t16-,22-/m0/s1. The van der Waals surface area contributed by atoms with Crippen LogP contribution in [0.15, 0.2) is 52.9 Å². The average molecular weight is 522 g/mol. The van der Waals surface area contributed by atoms with Crippen LogP contribution in [0.1, 0.15) is 17.5 Å². The van der Waals surface area contributed by atoms with Crippen molar-refractivity contribution >= 4 is 43.8 Å². The van der Waals surface area contributed by atoms with Gasteiger partial charge in [0, 0.05) is 30.2 Å². The van der Waals surface area contributed by atoms with E-state index in [1.165, 1.54) is 6.20 Å². The highest BCUT2D eigenvalue weighted by Gasteiger charge is 2.38. The maximum atomic E-state index is 14.8. The highest BCUT2D eigenvalue weighted by atomic mass is 35.5. The molecule has 178 valence electrons. The highest BCUT2D eigenvalue weighted by molar-refractivity contribution is 7.93. The Hall–Kier alpha value is -2.75. The van der Waals surface area contributed by atoms with Gasteiger partial charge in [0.15, 0.2) is 5.13 Å². The van der Waals surface area contributed by atoms with E-state index in [-0.39, 0.29) is 22.4 Å². The normalized spacial score (nSPS) is 20.1. The summed E-state index contributed by atoms with van der Waals surface area (Å²) < 4.78 is 42.2. The Kier molecular flexibility index (Phi) is 7.06. The molecule has 1 saturated heterocycles. The summed E-state index contributed by atoms with van der Waals surface area (Å²) in [5.41, 5.74) is 1.09. The van der Waals surface area contributed by atoms with Gasteiger partial charge in [-0.1, -0.05) is 23.7 Å². The fourth-order valence-corrected chi connectivity index (χ4v) is 6.15. The van der Waals surface area contributed by atoms with Crippen LogP contribution in [0.2, 0.25) is 5.02 Å². The number of nitrogens with zero attached hydrogens (tertiary/aromatic N) is 2. The number of hydrogen-bond donors (Lipinski definition) is 4. The van der Waals surface area contributed by atoms with Crippen molar-refractivity contribution in [3.63, 3.8) is 0 Å². The quantitative estimate of drug-likeness (QED) is 0.358. The molecule has 0 radical (unpaired) electrons. The van der Waals surface area contributed by atoms with Crippen molar-refractivity contribution in [1.29, 1.82) is 5.26 Å². The number of thiazole rings is 1. The third-order valence-corrected chi connectivity index (χ3v) is 8.00. The minimum Gasteiger partial charge on any atom is -0.392 e. The first-order valence-corrected chi connectivity index (χ1v) is 13.0. The molecular weight excluding hydrogens is 501 g/mol. The number of halogens is 2. The zero-order chi connectivity index (χ0) is 24.3. The topological polar surface area (TPSA) is 127 Å². The van der Waals surface area contributed by atoms with E-state index in [4.69, 9.17) is 11.6 Å². The lowest BCUT2D eigenvalue weighted by atomic mass is 9.88. The number of nitriles is 1. The Bertz CT molecular complexity index is 1330. The first kappa shape index (κ1) is 24.4. The van der Waals surface area contributed by atoms with Gasteiger partial charge in [-0.2, -0.15) is 5.26 Å². The van der Waals surface area contributed by atoms with Crippen molar-refractivity contribution < 1.29 is 17.9 Å². The van der Waals surface area contributed by atoms with Crippen molar-refractivity contribution in [3.8, 4) is 6.07 Å². The number of hydrogen-bond acceptors (Lipinski definition) is 8. The maximum Gasteiger partial charge on any atom is 0.266 e. The summed E-state index contributed by atoms with van der Waals surface area (Å²) in [6.07, 6.45) is 1.81. The summed E-state index contributed by atoms with van der Waals surface area (Å²) in [5.74, 6) is -0.967. The van der Waals surface area contributed by atoms with Gasteiger partial charge in [0.25, 0.3) is 10.0 Å². The van der Waals surface area contributed by atoms with Gasteiger partial charge in [-0.25, -0.2) is 17.8 Å². The van der Waals surface area contributed by atoms with Crippen LogP contribution >= 0.6 is 22.9 Å². The van der Waals surface area contributed by atoms with E-state index >= 15 is 0 Å². The summed E-state index contributed by atoms with van der Waals surface area (Å²) in [4.78, 5) is 3.26. The minimum absolute atomic E-state index is 0.0288. The van der Waals surface area contributed by atoms with Crippen LogP contribution in [0, 0.1) is 17.1 Å². The molecule has 0 spiro atoms. The van der Waals surface area contributed by atoms with Gasteiger partial charge in [0.1, 0.15) is 10.7 Å². The second-order valence-corrected chi connectivity index (χ2v) is 11.0. The van der Waals surface area contributed by atoms with Crippen LogP contribution in [-0.2, 0) is 16.4 Å². The highest BCUT2D eigenvalue weighted by Crippen LogP contribution is 2.31. The summed E-state index contributed by atoms with van der Waals surface area (Å²) >= 11 is 7.38. The van der Waals surface area contributed by atoms with Crippen LogP contribution in [0.4, 0.5) is 15.2 Å². The number of anilines is 2. The van der Waals surface area contributed by atoms with Gasteiger partial charge in [-0.3, -0.25) is 4.72 Å². The SMILES string of the molecule is N#Cc1cccc(C[C@@]2(CNc3cc(F)c(S(=O)(=O)Nc4nccs4)cc3Cl)C[C@H](O)CN2)c1. The van der Waals surface area contributed by atoms with Gasteiger partial charge < -0.3 is 15.7 Å². The number of aliphatic hydroxyl groups is 1. The second kappa shape index (κ2) is 9.85. The van der Waals surface area contributed by atoms with Gasteiger partial charge in [0.05, 0.1) is 28.4 Å². The maximum absolute atomic E-state index is 14.8. The molecule has 0 unspecified atom stereocenters. The van der Waals surface area contributed by atoms with Gasteiger partial charge in [-0.15, -0.1) is 11.3 Å². The molecule has 2 atom stereocenters. The zero-order valence-electron chi connectivity index (χ0n) is 17.8. The molecule has 4 N–H and O–H groups in total. The molecule has 0 amide bonds. The predicted octanol–water partition coefficient (Wildman–Crippen LogP) is 3.36. The van der Waals surface area contributed by atoms with Crippen molar-refractivity contribution in [2.45, 2.75) is 29.4 Å². The van der Waals surface area contributed by atoms with E-state index in [0.29, 0.717) is 24.9 Å². The molecule has 1 aromatic heterocycles. The Morgan fingerprint density at radius 3 is 2.88 bits per heavy atom. The third-order valence-electron chi connectivity index (χ3n) is 5.52. The lowest BCUT2D eigenvalue weighted by Gasteiger charge is -2.31. The summed E-state index contributed by atoms with van der Waals surface area (Å²) in [7, 11) is -4.21. The molecule has 0 saturated carbocycles. The molecular formula is C22H21ClFN5O3S2. The van der Waals surface area contributed by atoms with Crippen LogP contribution in [0.25, 0.3) is 0 Å². The molecule has 1 fully saturated rings. The van der Waals surface area contributed by atoms with Gasteiger partial charge in [-0.05, 0) is 42.7 Å². The van der Waals surface area contributed by atoms with Crippen molar-refractivity contribution in [3.05, 3.63) is 69.9 Å². The lowest BCUT2D eigenvalue weighted by molar-refractivity contribution is 0.185. The summed E-state index contributed by atoms with van der Waals surface area (Å²) in [5, 5.41) is 27.5. The second-order valence-electron chi connectivity index (χ2n) is 8.07. The first-order chi connectivity index (χ1) is 16.2. The van der Waals surface area contributed by atoms with E-state index in [1.807, 2.05) is 6.07 Å². The molecule has 0 bridgehead atoms. The summed E-state index contributed by atoms with van der Waals surface area (Å²) in [6.45, 7) is 0.671. The van der Waals surface area contributed by atoms with Gasteiger partial charge >= 0.3 is 0 Å². The fraction of sp³-hybridized carbons (Fsp3) is 0.273. The molecule has 0 aliphatic carbocycles. The number of aromatic nitrogens is 1. The Balaban J connectivity index is 1.54. The van der Waals surface area contributed by atoms with Gasteiger partial charge in [0.2, 0.25) is 0 Å². The number of aliphatic hydroxyl groups excluding tert-OH is 1. The van der Waals surface area contributed by atoms with E-state index in [1.54, 1.807) is 23.6 Å². The van der Waals surface area contributed by atoms with Crippen molar-refractivity contribution in [2.75, 3.05) is 23.1 Å². The molecule has 4 rings (SSSR count). The molecule has 34 heavy (non-hydrogen) atoms. The van der Waals surface area contributed by atoms with Crippen LogP contribution in [0.5, 0.6) is 0 Å². The zero-order valence-corrected chi connectivity index (χ0v) is 20.1. The Morgan fingerprint density at radius 2 is 2.21 bits per heavy atom. The minimum atomic E-state index is -4.21. The van der Waals surface area contributed by atoms with Crippen LogP contribution < -0.4 is 15.4 Å².